The van der Waals surface area contributed by atoms with Crippen molar-refractivity contribution in [1.29, 1.82) is 0 Å². The van der Waals surface area contributed by atoms with Crippen LogP contribution in [0.1, 0.15) is 20.8 Å². The van der Waals surface area contributed by atoms with E-state index in [1.54, 1.807) is 0 Å². The highest BCUT2D eigenvalue weighted by atomic mass is 35.5. The number of amides is 2. The van der Waals surface area contributed by atoms with Crippen LogP contribution in [0.4, 0.5) is 4.39 Å². The fraction of sp³-hybridized carbons (Fsp3) is 0.100. The summed E-state index contributed by atoms with van der Waals surface area (Å²) in [6.45, 7) is 0.283. The van der Waals surface area contributed by atoms with Gasteiger partial charge in [-0.15, -0.1) is 0 Å². The molecular weight excluding hydrogens is 434 g/mol. The second-order valence-corrected chi connectivity index (χ2v) is 6.90. The Morgan fingerprint density at radius 2 is 1.57 bits per heavy atom. The van der Waals surface area contributed by atoms with E-state index in [2.05, 4.69) is 15.7 Å². The predicted molar refractivity (Wildman–Crippen MR) is 111 cm³/mol. The third-order valence-electron chi connectivity index (χ3n) is 3.98. The van der Waals surface area contributed by atoms with E-state index in [1.165, 1.54) is 54.6 Å². The van der Waals surface area contributed by atoms with Gasteiger partial charge in [-0.1, -0.05) is 23.2 Å². The second-order valence-electron chi connectivity index (χ2n) is 6.09. The molecule has 10 heteroatoms. The van der Waals surface area contributed by atoms with Gasteiger partial charge in [0.05, 0.1) is 15.7 Å². The number of aromatic nitrogens is 2. The van der Waals surface area contributed by atoms with Crippen molar-refractivity contribution in [2.24, 2.45) is 0 Å². The van der Waals surface area contributed by atoms with E-state index in [1.807, 2.05) is 0 Å². The van der Waals surface area contributed by atoms with E-state index in [4.69, 9.17) is 23.2 Å². The number of hydrogen-bond donors (Lipinski definition) is 2. The van der Waals surface area contributed by atoms with Gasteiger partial charge >= 0.3 is 0 Å². The summed E-state index contributed by atoms with van der Waals surface area (Å²) in [5, 5.41) is 9.85. The lowest BCUT2D eigenvalue weighted by molar-refractivity contribution is 0.0924. The number of nitrogens with one attached hydrogen (secondary N) is 2. The summed E-state index contributed by atoms with van der Waals surface area (Å²) in [6, 6.07) is 12.1. The maximum atomic E-state index is 13.1. The largest absolute Gasteiger partial charge is 0.350 e. The first-order chi connectivity index (χ1) is 14.3. The van der Waals surface area contributed by atoms with E-state index in [0.717, 1.165) is 4.68 Å². The highest BCUT2D eigenvalue weighted by molar-refractivity contribution is 6.42. The average molecular weight is 449 g/mol. The molecule has 0 radical (unpaired) electrons. The van der Waals surface area contributed by atoms with Crippen molar-refractivity contribution in [3.05, 3.63) is 92.1 Å². The van der Waals surface area contributed by atoms with Crippen molar-refractivity contribution in [2.45, 2.75) is 0 Å². The molecule has 0 saturated carbocycles. The first kappa shape index (κ1) is 21.5. The van der Waals surface area contributed by atoms with Gasteiger partial charge in [0.2, 0.25) is 0 Å². The third kappa shape index (κ3) is 5.22. The molecule has 30 heavy (non-hydrogen) atoms. The van der Waals surface area contributed by atoms with Gasteiger partial charge in [-0.05, 0) is 48.5 Å². The minimum atomic E-state index is -0.533. The van der Waals surface area contributed by atoms with Crippen LogP contribution in [-0.4, -0.2) is 34.7 Å². The summed E-state index contributed by atoms with van der Waals surface area (Å²) in [4.78, 5) is 36.4. The van der Waals surface area contributed by atoms with Crippen molar-refractivity contribution in [1.82, 2.24) is 20.4 Å². The molecule has 1 aromatic heterocycles. The maximum absolute atomic E-state index is 13.1. The Balaban J connectivity index is 1.58. The molecule has 0 aliphatic heterocycles. The van der Waals surface area contributed by atoms with Gasteiger partial charge in [0, 0.05) is 24.7 Å². The summed E-state index contributed by atoms with van der Waals surface area (Å²) < 4.78 is 14.1. The van der Waals surface area contributed by atoms with Gasteiger partial charge in [-0.2, -0.15) is 9.78 Å². The zero-order chi connectivity index (χ0) is 21.7. The quantitative estimate of drug-likeness (QED) is 0.567. The van der Waals surface area contributed by atoms with Gasteiger partial charge in [-0.3, -0.25) is 14.4 Å². The molecule has 0 fully saturated rings. The van der Waals surface area contributed by atoms with E-state index < -0.39 is 17.3 Å². The fourth-order valence-corrected chi connectivity index (χ4v) is 2.78. The summed E-state index contributed by atoms with van der Waals surface area (Å²) in [5.74, 6) is -1.36. The number of carbonyl (C=O) groups excluding carboxylic acids is 2. The number of nitrogens with zero attached hydrogens (tertiary/aromatic N) is 2. The van der Waals surface area contributed by atoms with Crippen LogP contribution in [0.3, 0.4) is 0 Å². The van der Waals surface area contributed by atoms with Crippen LogP contribution in [0.2, 0.25) is 10.0 Å². The van der Waals surface area contributed by atoms with E-state index >= 15 is 0 Å². The van der Waals surface area contributed by atoms with Crippen molar-refractivity contribution in [2.75, 3.05) is 13.1 Å². The summed E-state index contributed by atoms with van der Waals surface area (Å²) >= 11 is 11.7. The Morgan fingerprint density at radius 3 is 2.23 bits per heavy atom. The normalized spacial score (nSPS) is 10.5. The van der Waals surface area contributed by atoms with Crippen LogP contribution >= 0.6 is 23.2 Å². The van der Waals surface area contributed by atoms with Crippen LogP contribution < -0.4 is 16.2 Å². The van der Waals surface area contributed by atoms with Crippen LogP contribution in [-0.2, 0) is 0 Å². The van der Waals surface area contributed by atoms with Crippen molar-refractivity contribution in [3.63, 3.8) is 0 Å². The van der Waals surface area contributed by atoms with Crippen LogP contribution in [0.25, 0.3) is 5.69 Å². The lowest BCUT2D eigenvalue weighted by Crippen LogP contribution is -2.35. The van der Waals surface area contributed by atoms with Crippen LogP contribution in [0.15, 0.2) is 59.4 Å². The minimum Gasteiger partial charge on any atom is -0.350 e. The molecule has 154 valence electrons. The molecule has 0 saturated heterocycles. The number of rotatable bonds is 6. The Morgan fingerprint density at radius 1 is 0.900 bits per heavy atom. The van der Waals surface area contributed by atoms with Crippen molar-refractivity contribution < 1.29 is 14.0 Å². The van der Waals surface area contributed by atoms with Gasteiger partial charge in [0.15, 0.2) is 0 Å². The van der Waals surface area contributed by atoms with E-state index in [-0.39, 0.29) is 29.7 Å². The molecule has 2 amide bonds. The van der Waals surface area contributed by atoms with Gasteiger partial charge in [0.1, 0.15) is 11.5 Å². The molecule has 0 atom stereocenters. The Kier molecular flexibility index (Phi) is 6.81. The third-order valence-corrected chi connectivity index (χ3v) is 4.72. The fourth-order valence-electron chi connectivity index (χ4n) is 2.48. The highest BCUT2D eigenvalue weighted by Gasteiger charge is 2.11. The predicted octanol–water partition coefficient (Wildman–Crippen LogP) is 2.84. The first-order valence-corrected chi connectivity index (χ1v) is 9.48. The van der Waals surface area contributed by atoms with Crippen molar-refractivity contribution in [3.8, 4) is 5.69 Å². The molecule has 0 aliphatic carbocycles. The Bertz CT molecular complexity index is 1150. The molecule has 7 nitrogen and oxygen atoms in total. The average Bonchev–Trinajstić information content (AvgIpc) is 2.74. The topological polar surface area (TPSA) is 93.1 Å². The standard InChI is InChI=1S/C20H15Cl2FN4O3/c21-15-6-1-12(11-16(15)22)19(29)24-9-10-25-20(30)17-7-8-18(28)27(26-17)14-4-2-13(23)3-5-14/h1-8,11H,9-10H2,(H,24,29)(H,25,30). The molecule has 2 N–H and O–H groups in total. The minimum absolute atomic E-state index is 0.00488. The van der Waals surface area contributed by atoms with Crippen LogP contribution in [0, 0.1) is 5.82 Å². The van der Waals surface area contributed by atoms with Crippen molar-refractivity contribution >= 4 is 35.0 Å². The highest BCUT2D eigenvalue weighted by Crippen LogP contribution is 2.22. The van der Waals surface area contributed by atoms with E-state index in [9.17, 15) is 18.8 Å². The number of hydrogen-bond acceptors (Lipinski definition) is 4. The smallest absolute Gasteiger partial charge is 0.271 e. The molecular formula is C20H15Cl2FN4O3. The number of carbonyl (C=O) groups is 2. The zero-order valence-electron chi connectivity index (χ0n) is 15.4. The lowest BCUT2D eigenvalue weighted by Gasteiger charge is -2.09. The Hall–Kier alpha value is -3.23. The number of benzene rings is 2. The van der Waals surface area contributed by atoms with Gasteiger partial charge < -0.3 is 10.6 Å². The Labute approximate surface area is 180 Å². The summed E-state index contributed by atoms with van der Waals surface area (Å²) in [5.41, 5.74) is 0.190. The maximum Gasteiger partial charge on any atom is 0.271 e. The molecule has 2 aromatic carbocycles. The molecule has 1 heterocycles. The van der Waals surface area contributed by atoms with Crippen LogP contribution in [0.5, 0.6) is 0 Å². The molecule has 3 aromatic rings. The molecule has 0 unspecified atom stereocenters. The first-order valence-electron chi connectivity index (χ1n) is 8.73. The monoisotopic (exact) mass is 448 g/mol. The van der Waals surface area contributed by atoms with Gasteiger partial charge in [0.25, 0.3) is 17.4 Å². The number of halogens is 3. The molecule has 0 aliphatic rings. The second kappa shape index (κ2) is 9.51. The summed E-state index contributed by atoms with van der Waals surface area (Å²) in [6.07, 6.45) is 0. The summed E-state index contributed by atoms with van der Waals surface area (Å²) in [7, 11) is 0. The molecule has 0 bridgehead atoms. The zero-order valence-corrected chi connectivity index (χ0v) is 16.9. The van der Waals surface area contributed by atoms with E-state index in [0.29, 0.717) is 16.3 Å². The van der Waals surface area contributed by atoms with Gasteiger partial charge in [-0.25, -0.2) is 4.39 Å². The molecule has 3 rings (SSSR count). The molecule has 0 spiro atoms. The lowest BCUT2D eigenvalue weighted by atomic mass is 10.2. The SMILES string of the molecule is O=C(NCCNC(=O)c1ccc(=O)n(-c2ccc(F)cc2)n1)c1ccc(Cl)c(Cl)c1.